The van der Waals surface area contributed by atoms with Crippen LogP contribution in [0.4, 0.5) is 14.9 Å². The highest BCUT2D eigenvalue weighted by molar-refractivity contribution is 6.01. The molecule has 0 saturated heterocycles. The molecule has 0 bridgehead atoms. The molecule has 0 aliphatic heterocycles. The number of carbonyl (C=O) groups excluding carboxylic acids is 2. The summed E-state index contributed by atoms with van der Waals surface area (Å²) >= 11 is 0. The number of nitrogens with one attached hydrogen (secondary N) is 3. The lowest BCUT2D eigenvalue weighted by molar-refractivity contribution is -0.119. The Kier molecular flexibility index (Phi) is 5.78. The molecule has 138 valence electrons. The Morgan fingerprint density at radius 2 is 1.67 bits per heavy atom. The highest BCUT2D eigenvalue weighted by Crippen LogP contribution is 2.23. The smallest absolute Gasteiger partial charge is 0.305 e. The first-order valence-electron chi connectivity index (χ1n) is 8.61. The average Bonchev–Trinajstić information content (AvgIpc) is 2.67. The number of hydrogen-bond acceptors (Lipinski definition) is 3. The molecule has 0 aliphatic carbocycles. The van der Waals surface area contributed by atoms with Crippen LogP contribution in [0.15, 0.2) is 66.7 Å². The monoisotopic (exact) mass is 365 g/mol. The zero-order valence-corrected chi connectivity index (χ0v) is 14.8. The van der Waals surface area contributed by atoms with E-state index in [0.29, 0.717) is 0 Å². The number of amides is 3. The van der Waals surface area contributed by atoms with Crippen molar-refractivity contribution in [1.82, 2.24) is 10.6 Å². The van der Waals surface area contributed by atoms with E-state index in [2.05, 4.69) is 16.0 Å². The molecule has 0 aliphatic rings. The molecule has 0 aromatic heterocycles. The molecule has 3 aromatic carbocycles. The van der Waals surface area contributed by atoms with E-state index < -0.39 is 17.8 Å². The van der Waals surface area contributed by atoms with E-state index in [1.165, 1.54) is 18.2 Å². The fraction of sp³-hybridized carbons (Fsp3) is 0.143. The molecule has 0 fully saturated rings. The number of urea groups is 1. The molecule has 0 spiro atoms. The van der Waals surface area contributed by atoms with Crippen molar-refractivity contribution in [2.24, 2.45) is 0 Å². The van der Waals surface area contributed by atoms with Crippen LogP contribution < -0.4 is 16.0 Å². The average molecular weight is 365 g/mol. The number of anilines is 1. The summed E-state index contributed by atoms with van der Waals surface area (Å²) < 4.78 is 13.5. The maximum Gasteiger partial charge on any atom is 0.326 e. The van der Waals surface area contributed by atoms with Crippen LogP contribution in [0.2, 0.25) is 0 Å². The molecule has 0 unspecified atom stereocenters. The minimum absolute atomic E-state index is 0.0138. The molecule has 27 heavy (non-hydrogen) atoms. The van der Waals surface area contributed by atoms with Crippen molar-refractivity contribution in [1.29, 1.82) is 0 Å². The van der Waals surface area contributed by atoms with Crippen molar-refractivity contribution < 1.29 is 14.0 Å². The maximum atomic E-state index is 13.5. The number of benzene rings is 3. The number of fused-ring (bicyclic) bond motifs is 1. The third-order valence-electron chi connectivity index (χ3n) is 4.23. The number of halogens is 1. The van der Waals surface area contributed by atoms with Crippen molar-refractivity contribution in [3.63, 3.8) is 0 Å². The van der Waals surface area contributed by atoms with E-state index in [9.17, 15) is 14.0 Å². The molecule has 0 heterocycles. The summed E-state index contributed by atoms with van der Waals surface area (Å²) in [6.07, 6.45) is 0. The van der Waals surface area contributed by atoms with Gasteiger partial charge in [0.05, 0.1) is 12.2 Å². The Morgan fingerprint density at radius 3 is 2.48 bits per heavy atom. The van der Waals surface area contributed by atoms with Gasteiger partial charge in [0.15, 0.2) is 0 Å². The van der Waals surface area contributed by atoms with Crippen molar-refractivity contribution in [2.45, 2.75) is 13.0 Å². The standard InChI is InChI=1S/C21H20FN3O2/c1-14(16-10-6-8-15-7-2-3-9-17(15)16)23-13-20(26)25-21(27)24-19-12-5-4-11-18(19)22/h2-12,14,23H,13H2,1H3,(H2,24,25,26,27)/t14-/m1/s1. The highest BCUT2D eigenvalue weighted by atomic mass is 19.1. The largest absolute Gasteiger partial charge is 0.326 e. The molecule has 0 saturated carbocycles. The number of para-hydroxylation sites is 1. The van der Waals surface area contributed by atoms with Crippen LogP contribution in [0, 0.1) is 5.82 Å². The van der Waals surface area contributed by atoms with Gasteiger partial charge in [0.2, 0.25) is 5.91 Å². The Balaban J connectivity index is 1.55. The third kappa shape index (κ3) is 4.68. The van der Waals surface area contributed by atoms with Gasteiger partial charge in [-0.05, 0) is 35.4 Å². The molecule has 3 amide bonds. The maximum absolute atomic E-state index is 13.5. The Hall–Kier alpha value is -3.25. The van der Waals surface area contributed by atoms with Crippen LogP contribution >= 0.6 is 0 Å². The van der Waals surface area contributed by atoms with Gasteiger partial charge in [-0.3, -0.25) is 10.1 Å². The number of carbonyl (C=O) groups is 2. The molecule has 3 aromatic rings. The summed E-state index contributed by atoms with van der Waals surface area (Å²) in [4.78, 5) is 23.8. The first-order chi connectivity index (χ1) is 13.0. The Labute approximate surface area is 156 Å². The van der Waals surface area contributed by atoms with Gasteiger partial charge in [0.1, 0.15) is 5.82 Å². The zero-order valence-electron chi connectivity index (χ0n) is 14.8. The molecule has 5 nitrogen and oxygen atoms in total. The molecule has 0 radical (unpaired) electrons. The summed E-state index contributed by atoms with van der Waals surface area (Å²) in [6, 6.07) is 18.9. The molecule has 3 N–H and O–H groups in total. The summed E-state index contributed by atoms with van der Waals surface area (Å²) in [5, 5.41) is 9.83. The quantitative estimate of drug-likeness (QED) is 0.641. The Morgan fingerprint density at radius 1 is 0.963 bits per heavy atom. The van der Waals surface area contributed by atoms with Crippen molar-refractivity contribution in [3.05, 3.63) is 78.1 Å². The van der Waals surface area contributed by atoms with Crippen molar-refractivity contribution >= 4 is 28.4 Å². The topological polar surface area (TPSA) is 70.2 Å². The first-order valence-corrected chi connectivity index (χ1v) is 8.61. The van der Waals surface area contributed by atoms with Gasteiger partial charge in [0.25, 0.3) is 0 Å². The van der Waals surface area contributed by atoms with Crippen LogP contribution in [0.3, 0.4) is 0 Å². The molecule has 3 rings (SSSR count). The van der Waals surface area contributed by atoms with E-state index in [0.717, 1.165) is 16.3 Å². The van der Waals surface area contributed by atoms with Gasteiger partial charge in [-0.1, -0.05) is 54.6 Å². The lowest BCUT2D eigenvalue weighted by Crippen LogP contribution is -2.40. The summed E-state index contributed by atoms with van der Waals surface area (Å²) in [6.45, 7) is 1.91. The zero-order chi connectivity index (χ0) is 19.2. The van der Waals surface area contributed by atoms with Gasteiger partial charge in [-0.2, -0.15) is 0 Å². The normalized spacial score (nSPS) is 11.8. The second-order valence-electron chi connectivity index (χ2n) is 6.15. The van der Waals surface area contributed by atoms with E-state index in [-0.39, 0.29) is 18.3 Å². The fourth-order valence-corrected chi connectivity index (χ4v) is 2.87. The highest BCUT2D eigenvalue weighted by Gasteiger charge is 2.13. The molecular weight excluding hydrogens is 345 g/mol. The SMILES string of the molecule is C[C@@H](NCC(=O)NC(=O)Nc1ccccc1F)c1cccc2ccccc12. The van der Waals surface area contributed by atoms with E-state index >= 15 is 0 Å². The van der Waals surface area contributed by atoms with Crippen LogP contribution in [0.25, 0.3) is 10.8 Å². The number of rotatable bonds is 5. The van der Waals surface area contributed by atoms with Crippen LogP contribution in [-0.4, -0.2) is 18.5 Å². The van der Waals surface area contributed by atoms with Crippen LogP contribution in [0.1, 0.15) is 18.5 Å². The lowest BCUT2D eigenvalue weighted by Gasteiger charge is -2.16. The van der Waals surface area contributed by atoms with Gasteiger partial charge >= 0.3 is 6.03 Å². The molecule has 1 atom stereocenters. The van der Waals surface area contributed by atoms with Gasteiger partial charge in [-0.25, -0.2) is 9.18 Å². The van der Waals surface area contributed by atoms with E-state index in [1.54, 1.807) is 6.07 Å². The summed E-state index contributed by atoms with van der Waals surface area (Å²) in [7, 11) is 0. The van der Waals surface area contributed by atoms with Crippen molar-refractivity contribution in [2.75, 3.05) is 11.9 Å². The fourth-order valence-electron chi connectivity index (χ4n) is 2.87. The van der Waals surface area contributed by atoms with Crippen LogP contribution in [0.5, 0.6) is 0 Å². The van der Waals surface area contributed by atoms with Gasteiger partial charge < -0.3 is 10.6 Å². The van der Waals surface area contributed by atoms with Gasteiger partial charge in [0, 0.05) is 6.04 Å². The summed E-state index contributed by atoms with van der Waals surface area (Å²) in [5.41, 5.74) is 1.08. The second kappa shape index (κ2) is 8.42. The first kappa shape index (κ1) is 18.5. The predicted molar refractivity (Wildman–Crippen MR) is 104 cm³/mol. The van der Waals surface area contributed by atoms with E-state index in [1.807, 2.05) is 49.4 Å². The van der Waals surface area contributed by atoms with Crippen molar-refractivity contribution in [3.8, 4) is 0 Å². The second-order valence-corrected chi connectivity index (χ2v) is 6.15. The Bertz CT molecular complexity index is 969. The third-order valence-corrected chi connectivity index (χ3v) is 4.23. The van der Waals surface area contributed by atoms with E-state index in [4.69, 9.17) is 0 Å². The number of imide groups is 1. The minimum atomic E-state index is -0.773. The number of hydrogen-bond donors (Lipinski definition) is 3. The summed E-state index contributed by atoms with van der Waals surface area (Å²) in [5.74, 6) is -1.07. The minimum Gasteiger partial charge on any atom is -0.305 e. The lowest BCUT2D eigenvalue weighted by atomic mass is 10.00. The molecule has 6 heteroatoms. The van der Waals surface area contributed by atoms with Gasteiger partial charge in [-0.15, -0.1) is 0 Å². The molecular formula is C21H20FN3O2. The van der Waals surface area contributed by atoms with Crippen LogP contribution in [-0.2, 0) is 4.79 Å². The predicted octanol–water partition coefficient (Wildman–Crippen LogP) is 3.98.